The highest BCUT2D eigenvalue weighted by atomic mass is 79.9. The van der Waals surface area contributed by atoms with E-state index in [0.29, 0.717) is 10.2 Å². The van der Waals surface area contributed by atoms with Gasteiger partial charge in [-0.1, -0.05) is 0 Å². The van der Waals surface area contributed by atoms with E-state index in [1.165, 1.54) is 30.7 Å². The Labute approximate surface area is 128 Å². The van der Waals surface area contributed by atoms with Crippen molar-refractivity contribution >= 4 is 27.8 Å². The minimum Gasteiger partial charge on any atom is -0.507 e. The molecule has 0 bridgehead atoms. The summed E-state index contributed by atoms with van der Waals surface area (Å²) in [7, 11) is 0. The second kappa shape index (κ2) is 6.40. The van der Waals surface area contributed by atoms with E-state index in [4.69, 9.17) is 5.11 Å². The molecule has 2 aromatic rings. The number of imidazole rings is 1. The second-order valence-corrected chi connectivity index (χ2v) is 5.17. The number of carbonyl (C=O) groups is 2. The van der Waals surface area contributed by atoms with Gasteiger partial charge in [0, 0.05) is 23.9 Å². The lowest BCUT2D eigenvalue weighted by molar-refractivity contribution is -0.139. The number of H-pyrrole nitrogens is 1. The second-order valence-electron chi connectivity index (χ2n) is 4.31. The lowest BCUT2D eigenvalue weighted by Gasteiger charge is -2.14. The van der Waals surface area contributed by atoms with Crippen molar-refractivity contribution in [1.82, 2.24) is 15.3 Å². The van der Waals surface area contributed by atoms with Crippen molar-refractivity contribution in [2.45, 2.75) is 12.5 Å². The van der Waals surface area contributed by atoms with Gasteiger partial charge in [0.1, 0.15) is 11.8 Å². The standard InChI is InChI=1S/C13H12BrN3O4/c14-9-2-1-7(3-11(9)18)12(19)17-10(13(20)21)4-8-5-15-6-16-8/h1-3,5-6,10,18H,4H2,(H,15,16)(H,17,19)(H,20,21)/t10-/m0/s1. The number of carboxylic acids is 1. The van der Waals surface area contributed by atoms with Crippen molar-refractivity contribution in [3.63, 3.8) is 0 Å². The summed E-state index contributed by atoms with van der Waals surface area (Å²) in [6, 6.07) is 3.15. The summed E-state index contributed by atoms with van der Waals surface area (Å²) in [6.45, 7) is 0. The number of rotatable bonds is 5. The van der Waals surface area contributed by atoms with E-state index in [1.54, 1.807) is 0 Å². The van der Waals surface area contributed by atoms with Crippen LogP contribution in [0.2, 0.25) is 0 Å². The van der Waals surface area contributed by atoms with Gasteiger partial charge in [-0.05, 0) is 34.1 Å². The number of aromatic nitrogens is 2. The molecule has 0 fully saturated rings. The molecule has 1 aromatic heterocycles. The molecule has 2 rings (SSSR count). The minimum atomic E-state index is -1.15. The third-order valence-corrected chi connectivity index (χ3v) is 3.46. The molecule has 1 amide bonds. The van der Waals surface area contributed by atoms with E-state index in [-0.39, 0.29) is 17.7 Å². The molecule has 110 valence electrons. The van der Waals surface area contributed by atoms with Gasteiger partial charge in [0.2, 0.25) is 0 Å². The number of benzene rings is 1. The van der Waals surface area contributed by atoms with E-state index >= 15 is 0 Å². The smallest absolute Gasteiger partial charge is 0.326 e. The van der Waals surface area contributed by atoms with Crippen LogP contribution in [0.25, 0.3) is 0 Å². The highest BCUT2D eigenvalue weighted by molar-refractivity contribution is 9.10. The monoisotopic (exact) mass is 353 g/mol. The maximum Gasteiger partial charge on any atom is 0.326 e. The van der Waals surface area contributed by atoms with Crippen LogP contribution in [0, 0.1) is 0 Å². The Morgan fingerprint density at radius 1 is 1.43 bits per heavy atom. The first-order chi connectivity index (χ1) is 9.97. The number of hydrogen-bond donors (Lipinski definition) is 4. The van der Waals surface area contributed by atoms with Crippen molar-refractivity contribution in [1.29, 1.82) is 0 Å². The zero-order valence-electron chi connectivity index (χ0n) is 10.7. The molecule has 21 heavy (non-hydrogen) atoms. The van der Waals surface area contributed by atoms with Gasteiger partial charge in [0.25, 0.3) is 5.91 Å². The molecule has 8 heteroatoms. The Bertz CT molecular complexity index is 657. The Morgan fingerprint density at radius 2 is 2.19 bits per heavy atom. The van der Waals surface area contributed by atoms with Gasteiger partial charge in [-0.25, -0.2) is 9.78 Å². The molecule has 1 atom stereocenters. The zero-order chi connectivity index (χ0) is 15.4. The number of aliphatic carboxylic acids is 1. The van der Waals surface area contributed by atoms with Gasteiger partial charge < -0.3 is 20.5 Å². The van der Waals surface area contributed by atoms with Crippen molar-refractivity contribution in [3.05, 3.63) is 46.5 Å². The number of carboxylic acid groups (broad SMARTS) is 1. The lowest BCUT2D eigenvalue weighted by Crippen LogP contribution is -2.42. The lowest BCUT2D eigenvalue weighted by atomic mass is 10.1. The summed E-state index contributed by atoms with van der Waals surface area (Å²) in [6.07, 6.45) is 3.01. The van der Waals surface area contributed by atoms with Crippen molar-refractivity contribution < 1.29 is 19.8 Å². The first-order valence-electron chi connectivity index (χ1n) is 5.97. The Morgan fingerprint density at radius 3 is 2.76 bits per heavy atom. The minimum absolute atomic E-state index is 0.0869. The molecule has 0 radical (unpaired) electrons. The normalized spacial score (nSPS) is 11.9. The number of phenolic OH excluding ortho intramolecular Hbond substituents is 1. The van der Waals surface area contributed by atoms with Gasteiger partial charge in [0.05, 0.1) is 10.8 Å². The summed E-state index contributed by atoms with van der Waals surface area (Å²) in [4.78, 5) is 29.8. The average Bonchev–Trinajstić information content (AvgIpc) is 2.93. The van der Waals surface area contributed by atoms with Crippen LogP contribution in [0.4, 0.5) is 0 Å². The highest BCUT2D eigenvalue weighted by Crippen LogP contribution is 2.24. The maximum atomic E-state index is 12.0. The molecule has 4 N–H and O–H groups in total. The number of hydrogen-bond acceptors (Lipinski definition) is 4. The number of aromatic hydroxyl groups is 1. The highest BCUT2D eigenvalue weighted by Gasteiger charge is 2.22. The molecule has 1 aromatic carbocycles. The quantitative estimate of drug-likeness (QED) is 0.646. The molecule has 0 unspecified atom stereocenters. The Kier molecular flexibility index (Phi) is 4.59. The number of nitrogens with zero attached hydrogens (tertiary/aromatic N) is 1. The van der Waals surface area contributed by atoms with Gasteiger partial charge >= 0.3 is 5.97 Å². The number of aromatic amines is 1. The summed E-state index contributed by atoms with van der Waals surface area (Å²) in [5.74, 6) is -1.83. The molecule has 0 saturated carbocycles. The molecule has 7 nitrogen and oxygen atoms in total. The average molecular weight is 354 g/mol. The van der Waals surface area contributed by atoms with Crippen molar-refractivity contribution in [3.8, 4) is 5.75 Å². The number of amides is 1. The summed E-state index contributed by atoms with van der Waals surface area (Å²) in [5, 5.41) is 21.1. The third kappa shape index (κ3) is 3.82. The summed E-state index contributed by atoms with van der Waals surface area (Å²) in [5.41, 5.74) is 0.771. The van der Waals surface area contributed by atoms with Crippen LogP contribution >= 0.6 is 15.9 Å². The van der Waals surface area contributed by atoms with Gasteiger partial charge in [-0.3, -0.25) is 4.79 Å². The van der Waals surface area contributed by atoms with E-state index in [2.05, 4.69) is 31.2 Å². The van der Waals surface area contributed by atoms with E-state index < -0.39 is 17.9 Å². The van der Waals surface area contributed by atoms with Crippen LogP contribution < -0.4 is 5.32 Å². The molecule has 0 saturated heterocycles. The summed E-state index contributed by atoms with van der Waals surface area (Å²) < 4.78 is 0.450. The molecule has 0 spiro atoms. The van der Waals surface area contributed by atoms with Crippen LogP contribution in [0.15, 0.2) is 35.2 Å². The number of nitrogens with one attached hydrogen (secondary N) is 2. The SMILES string of the molecule is O=C(N[C@@H](Cc1cnc[nH]1)C(=O)O)c1ccc(Br)c(O)c1. The molecular formula is C13H12BrN3O4. The van der Waals surface area contributed by atoms with Crippen LogP contribution in [-0.2, 0) is 11.2 Å². The van der Waals surface area contributed by atoms with Gasteiger partial charge in [0.15, 0.2) is 0 Å². The van der Waals surface area contributed by atoms with Crippen LogP contribution in [0.3, 0.4) is 0 Å². The Hall–Kier alpha value is -2.35. The fraction of sp³-hybridized carbons (Fsp3) is 0.154. The fourth-order valence-corrected chi connectivity index (χ4v) is 1.96. The van der Waals surface area contributed by atoms with Crippen LogP contribution in [-0.4, -0.2) is 38.1 Å². The molecule has 0 aliphatic rings. The maximum absolute atomic E-state index is 12.0. The molecular weight excluding hydrogens is 342 g/mol. The Balaban J connectivity index is 2.10. The number of halogens is 1. The predicted octanol–water partition coefficient (Wildman–Crippen LogP) is 1.30. The predicted molar refractivity (Wildman–Crippen MR) is 77.0 cm³/mol. The van der Waals surface area contributed by atoms with Crippen LogP contribution in [0.5, 0.6) is 5.75 Å². The zero-order valence-corrected chi connectivity index (χ0v) is 12.3. The van der Waals surface area contributed by atoms with Crippen molar-refractivity contribution in [2.75, 3.05) is 0 Å². The third-order valence-electron chi connectivity index (χ3n) is 2.79. The molecule has 1 heterocycles. The topological polar surface area (TPSA) is 115 Å². The molecule has 0 aliphatic heterocycles. The summed E-state index contributed by atoms with van der Waals surface area (Å²) >= 11 is 3.11. The van der Waals surface area contributed by atoms with Gasteiger partial charge in [-0.2, -0.15) is 0 Å². The molecule has 0 aliphatic carbocycles. The van der Waals surface area contributed by atoms with E-state index in [1.807, 2.05) is 0 Å². The van der Waals surface area contributed by atoms with E-state index in [0.717, 1.165) is 0 Å². The van der Waals surface area contributed by atoms with E-state index in [9.17, 15) is 14.7 Å². The van der Waals surface area contributed by atoms with Crippen LogP contribution in [0.1, 0.15) is 16.1 Å². The number of phenols is 1. The first-order valence-corrected chi connectivity index (χ1v) is 6.76. The first kappa shape index (κ1) is 15.0. The van der Waals surface area contributed by atoms with Gasteiger partial charge in [-0.15, -0.1) is 0 Å². The fourth-order valence-electron chi connectivity index (χ4n) is 1.71. The van der Waals surface area contributed by atoms with Crippen molar-refractivity contribution in [2.24, 2.45) is 0 Å². The number of carbonyl (C=O) groups excluding carboxylic acids is 1. The largest absolute Gasteiger partial charge is 0.507 e.